The van der Waals surface area contributed by atoms with Gasteiger partial charge in [-0.15, -0.1) is 0 Å². The highest BCUT2D eigenvalue weighted by Gasteiger charge is 2.28. The second-order valence-electron chi connectivity index (χ2n) is 5.20. The molecular formula is C13H25N5O5S. The molecule has 0 aliphatic carbocycles. The highest BCUT2D eigenvalue weighted by atomic mass is 32.1. The lowest BCUT2D eigenvalue weighted by Crippen LogP contribution is -2.55. The molecule has 0 aromatic rings. The molecule has 3 unspecified atom stereocenters. The van der Waals surface area contributed by atoms with E-state index in [2.05, 4.69) is 23.3 Å². The van der Waals surface area contributed by atoms with Gasteiger partial charge >= 0.3 is 5.97 Å². The zero-order valence-corrected chi connectivity index (χ0v) is 14.1. The molecule has 9 N–H and O–H groups in total. The minimum Gasteiger partial charge on any atom is -0.480 e. The largest absolute Gasteiger partial charge is 0.480 e. The molecule has 0 rings (SSSR count). The van der Waals surface area contributed by atoms with E-state index in [1.807, 2.05) is 0 Å². The third-order valence-electron chi connectivity index (χ3n) is 3.14. The highest BCUT2D eigenvalue weighted by molar-refractivity contribution is 7.80. The van der Waals surface area contributed by atoms with E-state index in [0.717, 1.165) is 0 Å². The first kappa shape index (κ1) is 22.1. The van der Waals surface area contributed by atoms with Gasteiger partial charge < -0.3 is 32.9 Å². The number of nitrogens with one attached hydrogen (secondary N) is 2. The van der Waals surface area contributed by atoms with Crippen molar-refractivity contribution in [1.82, 2.24) is 10.6 Å². The molecule has 3 atom stereocenters. The normalized spacial score (nSPS) is 14.3. The number of nitrogens with two attached hydrogens (primary N) is 3. The molecule has 0 saturated carbocycles. The molecule has 0 spiro atoms. The predicted octanol–water partition coefficient (Wildman–Crippen LogP) is -2.70. The Balaban J connectivity index is 4.81. The second-order valence-corrected chi connectivity index (χ2v) is 5.57. The standard InChI is InChI=1S/C13H25N5O5S/c14-4-2-1-3-7(15)11(20)17-8(5-10(16)19)12(21)18-9(6-24)13(22)23/h7-9,24H,1-6,14-15H2,(H2,16,19)(H,17,20)(H,18,21)(H,22,23). The topological polar surface area (TPSA) is 191 Å². The number of hydrogen-bond acceptors (Lipinski definition) is 7. The van der Waals surface area contributed by atoms with Crippen molar-refractivity contribution in [3.05, 3.63) is 0 Å². The van der Waals surface area contributed by atoms with Crippen molar-refractivity contribution in [2.45, 2.75) is 43.8 Å². The van der Waals surface area contributed by atoms with Crippen LogP contribution in [0.25, 0.3) is 0 Å². The first-order valence-electron chi connectivity index (χ1n) is 7.41. The molecule has 0 radical (unpaired) electrons. The number of carbonyl (C=O) groups excluding carboxylic acids is 3. The number of carboxylic acids is 1. The molecule has 0 bridgehead atoms. The molecule has 10 nitrogen and oxygen atoms in total. The van der Waals surface area contributed by atoms with Crippen molar-refractivity contribution >= 4 is 36.3 Å². The van der Waals surface area contributed by atoms with E-state index in [9.17, 15) is 19.2 Å². The third kappa shape index (κ3) is 8.70. The Kier molecular flexibility index (Phi) is 10.8. The minimum atomic E-state index is -1.31. The highest BCUT2D eigenvalue weighted by Crippen LogP contribution is 2.01. The quantitative estimate of drug-likeness (QED) is 0.145. The smallest absolute Gasteiger partial charge is 0.327 e. The van der Waals surface area contributed by atoms with Crippen LogP contribution in [-0.2, 0) is 19.2 Å². The van der Waals surface area contributed by atoms with Crippen molar-refractivity contribution < 1.29 is 24.3 Å². The molecule has 0 fully saturated rings. The fourth-order valence-electron chi connectivity index (χ4n) is 1.79. The van der Waals surface area contributed by atoms with Gasteiger partial charge in [0.1, 0.15) is 12.1 Å². The van der Waals surface area contributed by atoms with Crippen LogP contribution in [0.4, 0.5) is 0 Å². The number of rotatable bonds is 12. The average Bonchev–Trinajstić information content (AvgIpc) is 2.50. The third-order valence-corrected chi connectivity index (χ3v) is 3.51. The van der Waals surface area contributed by atoms with Gasteiger partial charge in [0.2, 0.25) is 17.7 Å². The lowest BCUT2D eigenvalue weighted by Gasteiger charge is -2.21. The summed E-state index contributed by atoms with van der Waals surface area (Å²) in [6, 6.07) is -3.44. The van der Waals surface area contributed by atoms with E-state index in [4.69, 9.17) is 22.3 Å². The van der Waals surface area contributed by atoms with Gasteiger partial charge in [-0.05, 0) is 19.4 Å². The van der Waals surface area contributed by atoms with Crippen molar-refractivity contribution in [1.29, 1.82) is 0 Å². The van der Waals surface area contributed by atoms with Crippen LogP contribution in [0.3, 0.4) is 0 Å². The molecule has 24 heavy (non-hydrogen) atoms. The minimum absolute atomic E-state index is 0.156. The van der Waals surface area contributed by atoms with Gasteiger partial charge in [0.25, 0.3) is 0 Å². The van der Waals surface area contributed by atoms with Crippen LogP contribution < -0.4 is 27.8 Å². The number of amides is 3. The van der Waals surface area contributed by atoms with E-state index in [1.54, 1.807) is 0 Å². The van der Waals surface area contributed by atoms with Gasteiger partial charge in [-0.2, -0.15) is 12.6 Å². The lowest BCUT2D eigenvalue weighted by molar-refractivity contribution is -0.141. The van der Waals surface area contributed by atoms with Crippen molar-refractivity contribution in [2.24, 2.45) is 17.2 Å². The van der Waals surface area contributed by atoms with Gasteiger partial charge in [-0.1, -0.05) is 6.42 Å². The zero-order valence-electron chi connectivity index (χ0n) is 13.2. The molecular weight excluding hydrogens is 338 g/mol. The average molecular weight is 363 g/mol. The number of thiol groups is 1. The Morgan fingerprint density at radius 1 is 1.04 bits per heavy atom. The first-order chi connectivity index (χ1) is 11.2. The maximum Gasteiger partial charge on any atom is 0.327 e. The van der Waals surface area contributed by atoms with Crippen LogP contribution in [0, 0.1) is 0 Å². The number of hydrogen-bond donors (Lipinski definition) is 7. The maximum absolute atomic E-state index is 12.1. The van der Waals surface area contributed by atoms with Gasteiger partial charge in [0, 0.05) is 5.75 Å². The molecule has 11 heteroatoms. The maximum atomic E-state index is 12.1. The Hall–Kier alpha value is -1.85. The predicted molar refractivity (Wildman–Crippen MR) is 90.0 cm³/mol. The molecule has 3 amide bonds. The van der Waals surface area contributed by atoms with Crippen LogP contribution in [0.1, 0.15) is 25.7 Å². The molecule has 138 valence electrons. The second kappa shape index (κ2) is 11.6. The Bertz CT molecular complexity index is 462. The van der Waals surface area contributed by atoms with Gasteiger partial charge in [-0.3, -0.25) is 14.4 Å². The SMILES string of the molecule is NCCCCC(N)C(=O)NC(CC(N)=O)C(=O)NC(CS)C(=O)O. The molecule has 0 aliphatic heterocycles. The van der Waals surface area contributed by atoms with E-state index >= 15 is 0 Å². The summed E-state index contributed by atoms with van der Waals surface area (Å²) in [7, 11) is 0. The van der Waals surface area contributed by atoms with Gasteiger partial charge in [0.15, 0.2) is 0 Å². The Morgan fingerprint density at radius 2 is 1.62 bits per heavy atom. The summed E-state index contributed by atoms with van der Waals surface area (Å²) in [5.74, 6) is -3.76. The monoisotopic (exact) mass is 363 g/mol. The zero-order chi connectivity index (χ0) is 18.7. The van der Waals surface area contributed by atoms with Crippen LogP contribution in [0.5, 0.6) is 0 Å². The van der Waals surface area contributed by atoms with Gasteiger partial charge in [0.05, 0.1) is 12.5 Å². The Morgan fingerprint density at radius 3 is 2.08 bits per heavy atom. The number of primary amides is 1. The molecule has 0 aromatic carbocycles. The lowest BCUT2D eigenvalue weighted by atomic mass is 10.1. The first-order valence-corrected chi connectivity index (χ1v) is 8.04. The summed E-state index contributed by atoms with van der Waals surface area (Å²) in [5, 5.41) is 13.4. The van der Waals surface area contributed by atoms with E-state index in [0.29, 0.717) is 25.8 Å². The van der Waals surface area contributed by atoms with Crippen molar-refractivity contribution in [3.63, 3.8) is 0 Å². The van der Waals surface area contributed by atoms with Crippen LogP contribution in [-0.4, -0.2) is 59.2 Å². The summed E-state index contributed by atoms with van der Waals surface area (Å²) in [6.45, 7) is 0.474. The van der Waals surface area contributed by atoms with Crippen LogP contribution in [0.2, 0.25) is 0 Å². The van der Waals surface area contributed by atoms with Crippen molar-refractivity contribution in [3.8, 4) is 0 Å². The Labute approximate surface area is 145 Å². The summed E-state index contributed by atoms with van der Waals surface area (Å²) in [5.41, 5.74) is 16.1. The number of aliphatic carboxylic acids is 1. The summed E-state index contributed by atoms with van der Waals surface area (Å²) < 4.78 is 0. The van der Waals surface area contributed by atoms with E-state index in [1.165, 1.54) is 0 Å². The summed E-state index contributed by atoms with van der Waals surface area (Å²) >= 11 is 3.81. The molecule has 0 saturated heterocycles. The number of carbonyl (C=O) groups is 4. The fraction of sp³-hybridized carbons (Fsp3) is 0.692. The summed E-state index contributed by atoms with van der Waals surface area (Å²) in [6.07, 6.45) is 1.22. The van der Waals surface area contributed by atoms with E-state index < -0.39 is 48.2 Å². The van der Waals surface area contributed by atoms with Gasteiger partial charge in [-0.25, -0.2) is 4.79 Å². The summed E-state index contributed by atoms with van der Waals surface area (Å²) in [4.78, 5) is 46.1. The molecule has 0 aliphatic rings. The molecule has 0 heterocycles. The molecule has 0 aromatic heterocycles. The number of carboxylic acid groups (broad SMARTS) is 1. The van der Waals surface area contributed by atoms with E-state index in [-0.39, 0.29) is 5.75 Å². The van der Waals surface area contributed by atoms with Crippen molar-refractivity contribution in [2.75, 3.05) is 12.3 Å². The van der Waals surface area contributed by atoms with Crippen LogP contribution in [0.15, 0.2) is 0 Å². The number of unbranched alkanes of at least 4 members (excludes halogenated alkanes) is 1. The fourth-order valence-corrected chi connectivity index (χ4v) is 2.03. The van der Waals surface area contributed by atoms with Crippen LogP contribution >= 0.6 is 12.6 Å².